The smallest absolute Gasteiger partial charge is 0.220 e. The van der Waals surface area contributed by atoms with Crippen LogP contribution in [-0.2, 0) is 4.79 Å². The predicted molar refractivity (Wildman–Crippen MR) is 84.1 cm³/mol. The van der Waals surface area contributed by atoms with Crippen LogP contribution >= 0.6 is 0 Å². The molecule has 0 bridgehead atoms. The number of rotatable bonds is 11. The fourth-order valence-corrected chi connectivity index (χ4v) is 1.57. The molecule has 0 aromatic rings. The van der Waals surface area contributed by atoms with Gasteiger partial charge in [0.1, 0.15) is 0 Å². The Bertz CT molecular complexity index is 302. The molecular formula is C17H29NO. The van der Waals surface area contributed by atoms with Crippen LogP contribution in [0.4, 0.5) is 0 Å². The van der Waals surface area contributed by atoms with Gasteiger partial charge in [-0.1, -0.05) is 56.2 Å². The average Bonchev–Trinajstić information content (AvgIpc) is 2.38. The molecule has 0 rings (SSSR count). The molecule has 2 nitrogen and oxygen atoms in total. The van der Waals surface area contributed by atoms with Gasteiger partial charge in [0.05, 0.1) is 0 Å². The van der Waals surface area contributed by atoms with Crippen LogP contribution in [0.5, 0.6) is 0 Å². The average molecular weight is 263 g/mol. The summed E-state index contributed by atoms with van der Waals surface area (Å²) in [6.45, 7) is 8.46. The Hall–Kier alpha value is -1.31. The van der Waals surface area contributed by atoms with Crippen molar-refractivity contribution < 1.29 is 4.79 Å². The van der Waals surface area contributed by atoms with E-state index in [1.807, 2.05) is 6.92 Å². The van der Waals surface area contributed by atoms with Gasteiger partial charge in [0.2, 0.25) is 5.91 Å². The minimum atomic E-state index is 0.0998. The first-order chi connectivity index (χ1) is 9.16. The molecule has 0 aliphatic rings. The second kappa shape index (κ2) is 13.1. The molecule has 0 aromatic carbocycles. The van der Waals surface area contributed by atoms with Crippen molar-refractivity contribution in [2.75, 3.05) is 6.54 Å². The van der Waals surface area contributed by atoms with Crippen molar-refractivity contribution in [3.63, 3.8) is 0 Å². The summed E-state index contributed by atoms with van der Waals surface area (Å²) in [5.41, 5.74) is 0.983. The van der Waals surface area contributed by atoms with Gasteiger partial charge in [0.15, 0.2) is 0 Å². The highest BCUT2D eigenvalue weighted by atomic mass is 16.1. The molecule has 0 spiro atoms. The summed E-state index contributed by atoms with van der Waals surface area (Å²) >= 11 is 0. The Morgan fingerprint density at radius 2 is 1.79 bits per heavy atom. The molecule has 0 aromatic heterocycles. The van der Waals surface area contributed by atoms with Crippen molar-refractivity contribution in [2.24, 2.45) is 0 Å². The highest BCUT2D eigenvalue weighted by Gasteiger charge is 1.97. The predicted octanol–water partition coefficient (Wildman–Crippen LogP) is 4.54. The van der Waals surface area contributed by atoms with E-state index in [2.05, 4.69) is 43.1 Å². The van der Waals surface area contributed by atoms with Gasteiger partial charge in [-0.3, -0.25) is 4.79 Å². The van der Waals surface area contributed by atoms with Gasteiger partial charge in [0, 0.05) is 13.0 Å². The summed E-state index contributed by atoms with van der Waals surface area (Å²) in [5.74, 6) is 0.0998. The third kappa shape index (κ3) is 14.6. The third-order valence-corrected chi connectivity index (χ3v) is 2.71. The van der Waals surface area contributed by atoms with Crippen molar-refractivity contribution >= 4 is 5.91 Å². The number of carbonyl (C=O) groups excluding carboxylic acids is 1. The Labute approximate surface area is 118 Å². The minimum absolute atomic E-state index is 0.0998. The van der Waals surface area contributed by atoms with Gasteiger partial charge in [0.25, 0.3) is 0 Å². The molecule has 108 valence electrons. The van der Waals surface area contributed by atoms with Crippen molar-refractivity contribution in [1.82, 2.24) is 5.32 Å². The fraction of sp³-hybridized carbons (Fsp3) is 0.588. The summed E-state index contributed by atoms with van der Waals surface area (Å²) in [4.78, 5) is 11.4. The molecule has 1 N–H and O–H groups in total. The van der Waals surface area contributed by atoms with Crippen LogP contribution in [0.3, 0.4) is 0 Å². The second-order valence-electron chi connectivity index (χ2n) is 4.95. The van der Waals surface area contributed by atoms with Crippen molar-refractivity contribution in [1.29, 1.82) is 0 Å². The summed E-state index contributed by atoms with van der Waals surface area (Å²) in [5, 5.41) is 2.83. The largest absolute Gasteiger partial charge is 0.352 e. The Balaban J connectivity index is 3.43. The first-order valence-electron chi connectivity index (χ1n) is 7.38. The topological polar surface area (TPSA) is 29.1 Å². The third-order valence-electron chi connectivity index (χ3n) is 2.71. The SMILES string of the molecule is C=C(C)CNC(=O)CC/C=C\C/C=C/CCCCC. The highest BCUT2D eigenvalue weighted by Crippen LogP contribution is 2.01. The number of unbranched alkanes of at least 4 members (excludes halogenated alkanes) is 3. The molecule has 19 heavy (non-hydrogen) atoms. The van der Waals surface area contributed by atoms with E-state index in [4.69, 9.17) is 0 Å². The summed E-state index contributed by atoms with van der Waals surface area (Å²) in [6.07, 6.45) is 16.1. The molecule has 1 amide bonds. The van der Waals surface area contributed by atoms with E-state index >= 15 is 0 Å². The molecule has 0 saturated heterocycles. The van der Waals surface area contributed by atoms with Crippen molar-refractivity contribution in [2.45, 2.75) is 58.8 Å². The van der Waals surface area contributed by atoms with Gasteiger partial charge in [-0.15, -0.1) is 0 Å². The van der Waals surface area contributed by atoms with Gasteiger partial charge >= 0.3 is 0 Å². The molecule has 0 radical (unpaired) electrons. The molecule has 0 unspecified atom stereocenters. The first-order valence-corrected chi connectivity index (χ1v) is 7.38. The van der Waals surface area contributed by atoms with Gasteiger partial charge < -0.3 is 5.32 Å². The molecule has 0 aliphatic carbocycles. The quantitative estimate of drug-likeness (QED) is 0.430. The Morgan fingerprint density at radius 3 is 2.42 bits per heavy atom. The van der Waals surface area contributed by atoms with Gasteiger partial charge in [-0.25, -0.2) is 0 Å². The normalized spacial score (nSPS) is 11.3. The number of hydrogen-bond donors (Lipinski definition) is 1. The maximum Gasteiger partial charge on any atom is 0.220 e. The molecule has 0 heterocycles. The second-order valence-corrected chi connectivity index (χ2v) is 4.95. The van der Waals surface area contributed by atoms with Crippen LogP contribution in [0, 0.1) is 0 Å². The lowest BCUT2D eigenvalue weighted by molar-refractivity contribution is -0.120. The molecule has 0 saturated carbocycles. The van der Waals surface area contributed by atoms with E-state index in [-0.39, 0.29) is 5.91 Å². The summed E-state index contributed by atoms with van der Waals surface area (Å²) in [7, 11) is 0. The summed E-state index contributed by atoms with van der Waals surface area (Å²) < 4.78 is 0. The van der Waals surface area contributed by atoms with Crippen molar-refractivity contribution in [3.8, 4) is 0 Å². The van der Waals surface area contributed by atoms with Gasteiger partial charge in [-0.2, -0.15) is 0 Å². The van der Waals surface area contributed by atoms with E-state index in [9.17, 15) is 4.79 Å². The fourth-order valence-electron chi connectivity index (χ4n) is 1.57. The summed E-state index contributed by atoms with van der Waals surface area (Å²) in [6, 6.07) is 0. The maximum absolute atomic E-state index is 11.4. The highest BCUT2D eigenvalue weighted by molar-refractivity contribution is 5.76. The Morgan fingerprint density at radius 1 is 1.11 bits per heavy atom. The van der Waals surface area contributed by atoms with E-state index < -0.39 is 0 Å². The Kier molecular flexibility index (Phi) is 12.2. The van der Waals surface area contributed by atoms with E-state index in [0.29, 0.717) is 13.0 Å². The van der Waals surface area contributed by atoms with Gasteiger partial charge in [-0.05, 0) is 32.6 Å². The number of nitrogens with one attached hydrogen (secondary N) is 1. The zero-order valence-electron chi connectivity index (χ0n) is 12.6. The van der Waals surface area contributed by atoms with Crippen LogP contribution in [0.1, 0.15) is 58.8 Å². The lowest BCUT2D eigenvalue weighted by Crippen LogP contribution is -2.24. The molecule has 2 heteroatoms. The van der Waals surface area contributed by atoms with E-state index in [0.717, 1.165) is 18.4 Å². The minimum Gasteiger partial charge on any atom is -0.352 e. The number of amides is 1. The number of carbonyl (C=O) groups is 1. The molecule has 0 aliphatic heterocycles. The standard InChI is InChI=1S/C17H29NO/c1-4-5-6-7-8-9-10-11-12-13-14-17(19)18-15-16(2)3/h8-9,11-12H,2,4-7,10,13-15H2,1,3H3,(H,18,19)/b9-8+,12-11-. The first kappa shape index (κ1) is 17.7. The molecule has 0 fully saturated rings. The lowest BCUT2D eigenvalue weighted by atomic mass is 10.2. The van der Waals surface area contributed by atoms with E-state index in [1.54, 1.807) is 0 Å². The number of allylic oxidation sites excluding steroid dienone is 4. The lowest BCUT2D eigenvalue weighted by Gasteiger charge is -2.02. The molecule has 0 atom stereocenters. The van der Waals surface area contributed by atoms with Crippen LogP contribution in [0.15, 0.2) is 36.5 Å². The monoisotopic (exact) mass is 263 g/mol. The van der Waals surface area contributed by atoms with Crippen molar-refractivity contribution in [3.05, 3.63) is 36.5 Å². The van der Waals surface area contributed by atoms with Crippen LogP contribution in [0.25, 0.3) is 0 Å². The van der Waals surface area contributed by atoms with Crippen LogP contribution in [0.2, 0.25) is 0 Å². The zero-order valence-corrected chi connectivity index (χ0v) is 12.6. The van der Waals surface area contributed by atoms with E-state index in [1.165, 1.54) is 25.7 Å². The van der Waals surface area contributed by atoms with Crippen LogP contribution < -0.4 is 5.32 Å². The molecular weight excluding hydrogens is 234 g/mol. The van der Waals surface area contributed by atoms with Crippen LogP contribution in [-0.4, -0.2) is 12.5 Å². The zero-order chi connectivity index (χ0) is 14.3. The number of hydrogen-bond acceptors (Lipinski definition) is 1. The maximum atomic E-state index is 11.4.